The van der Waals surface area contributed by atoms with Crippen molar-refractivity contribution in [3.05, 3.63) is 58.1 Å². The number of hydrogen-bond donors (Lipinski definition) is 0. The number of halogens is 1. The molecular formula is C19H22ClNO. The first-order chi connectivity index (χ1) is 10.5. The topological polar surface area (TPSA) is 20.3 Å². The van der Waals surface area contributed by atoms with Crippen LogP contribution in [0.1, 0.15) is 35.3 Å². The molecule has 2 rings (SSSR count). The minimum Gasteiger partial charge on any atom is -0.339 e. The molecule has 0 aliphatic heterocycles. The third-order valence-corrected chi connectivity index (χ3v) is 4.27. The number of carbonyl (C=O) groups is 1. The van der Waals surface area contributed by atoms with Crippen molar-refractivity contribution in [2.45, 2.75) is 27.7 Å². The summed E-state index contributed by atoms with van der Waals surface area (Å²) in [6.07, 6.45) is 0. The molecule has 0 N–H and O–H groups in total. The first kappa shape index (κ1) is 16.6. The highest BCUT2D eigenvalue weighted by Crippen LogP contribution is 2.32. The molecule has 1 amide bonds. The van der Waals surface area contributed by atoms with Crippen LogP contribution < -0.4 is 0 Å². The summed E-state index contributed by atoms with van der Waals surface area (Å²) in [5, 5.41) is 0.669. The van der Waals surface area contributed by atoms with Gasteiger partial charge in [0.1, 0.15) is 0 Å². The maximum atomic E-state index is 12.5. The fourth-order valence-corrected chi connectivity index (χ4v) is 2.89. The molecule has 2 aromatic carbocycles. The number of carbonyl (C=O) groups excluding carboxylic acids is 1. The van der Waals surface area contributed by atoms with E-state index in [-0.39, 0.29) is 5.91 Å². The third-order valence-electron chi connectivity index (χ3n) is 3.94. The Morgan fingerprint density at radius 3 is 2.27 bits per heavy atom. The summed E-state index contributed by atoms with van der Waals surface area (Å²) in [6.45, 7) is 9.52. The minimum absolute atomic E-state index is 0.0488. The van der Waals surface area contributed by atoms with Crippen molar-refractivity contribution in [3.63, 3.8) is 0 Å². The summed E-state index contributed by atoms with van der Waals surface area (Å²) in [4.78, 5) is 14.3. The normalized spacial score (nSPS) is 10.6. The lowest BCUT2D eigenvalue weighted by molar-refractivity contribution is 0.0773. The molecule has 0 saturated carbocycles. The molecule has 0 aromatic heterocycles. The largest absolute Gasteiger partial charge is 0.339 e. The van der Waals surface area contributed by atoms with Crippen molar-refractivity contribution in [2.75, 3.05) is 13.1 Å². The van der Waals surface area contributed by atoms with E-state index in [1.165, 1.54) is 5.56 Å². The highest BCUT2D eigenvalue weighted by Gasteiger charge is 2.15. The van der Waals surface area contributed by atoms with E-state index >= 15 is 0 Å². The molecule has 3 heteroatoms. The molecule has 0 aliphatic rings. The van der Waals surface area contributed by atoms with E-state index in [9.17, 15) is 4.79 Å². The molecule has 0 fully saturated rings. The van der Waals surface area contributed by atoms with Crippen molar-refractivity contribution >= 4 is 17.5 Å². The van der Waals surface area contributed by atoms with Crippen LogP contribution in [-0.4, -0.2) is 23.9 Å². The quantitative estimate of drug-likeness (QED) is 0.768. The van der Waals surface area contributed by atoms with Crippen molar-refractivity contribution in [1.29, 1.82) is 0 Å². The summed E-state index contributed by atoms with van der Waals surface area (Å²) in [5.74, 6) is 0.0488. The van der Waals surface area contributed by atoms with Crippen LogP contribution in [0, 0.1) is 13.8 Å². The van der Waals surface area contributed by atoms with Crippen molar-refractivity contribution in [1.82, 2.24) is 4.90 Å². The van der Waals surface area contributed by atoms with Crippen molar-refractivity contribution < 1.29 is 4.79 Å². The fraction of sp³-hybridized carbons (Fsp3) is 0.316. The standard InChI is InChI=1S/C19H22ClNO/c1-5-21(6-2)19(22)15-8-10-18(20)17(12-15)16-9-7-13(3)11-14(16)4/h7-12H,5-6H2,1-4H3. The van der Waals surface area contributed by atoms with Crippen molar-refractivity contribution in [3.8, 4) is 11.1 Å². The minimum atomic E-state index is 0.0488. The number of nitrogens with zero attached hydrogens (tertiary/aromatic N) is 1. The second-order valence-corrected chi connectivity index (χ2v) is 5.90. The van der Waals surface area contributed by atoms with Crippen LogP contribution in [0.5, 0.6) is 0 Å². The maximum Gasteiger partial charge on any atom is 0.253 e. The number of hydrogen-bond acceptors (Lipinski definition) is 1. The molecule has 0 saturated heterocycles. The molecule has 2 nitrogen and oxygen atoms in total. The first-order valence-electron chi connectivity index (χ1n) is 7.64. The number of amides is 1. The highest BCUT2D eigenvalue weighted by atomic mass is 35.5. The molecule has 0 bridgehead atoms. The predicted molar refractivity (Wildman–Crippen MR) is 93.6 cm³/mol. The van der Waals surface area contributed by atoms with Gasteiger partial charge in [-0.25, -0.2) is 0 Å². The SMILES string of the molecule is CCN(CC)C(=O)c1ccc(Cl)c(-c2ccc(C)cc2C)c1. The average Bonchev–Trinajstić information content (AvgIpc) is 2.49. The molecular weight excluding hydrogens is 294 g/mol. The Morgan fingerprint density at radius 2 is 1.68 bits per heavy atom. The molecule has 0 unspecified atom stereocenters. The summed E-state index contributed by atoms with van der Waals surface area (Å²) in [7, 11) is 0. The summed E-state index contributed by atoms with van der Waals surface area (Å²) < 4.78 is 0. The van der Waals surface area contributed by atoms with Gasteiger partial charge in [0.15, 0.2) is 0 Å². The Morgan fingerprint density at radius 1 is 1.00 bits per heavy atom. The summed E-state index contributed by atoms with van der Waals surface area (Å²) >= 11 is 6.37. The van der Waals surface area contributed by atoms with Crippen LogP contribution in [0.15, 0.2) is 36.4 Å². The van der Waals surface area contributed by atoms with Crippen LogP contribution in [-0.2, 0) is 0 Å². The highest BCUT2D eigenvalue weighted by molar-refractivity contribution is 6.33. The van der Waals surface area contributed by atoms with Gasteiger partial charge in [-0.1, -0.05) is 35.4 Å². The van der Waals surface area contributed by atoms with Crippen molar-refractivity contribution in [2.24, 2.45) is 0 Å². The van der Waals surface area contributed by atoms with E-state index in [0.29, 0.717) is 23.7 Å². The Balaban J connectivity index is 2.49. The number of rotatable bonds is 4. The Labute approximate surface area is 137 Å². The molecule has 0 atom stereocenters. The van der Waals surface area contributed by atoms with Gasteiger partial charge >= 0.3 is 0 Å². The van der Waals surface area contributed by atoms with Crippen LogP contribution in [0.2, 0.25) is 5.02 Å². The zero-order valence-electron chi connectivity index (χ0n) is 13.6. The summed E-state index contributed by atoms with van der Waals surface area (Å²) in [6, 6.07) is 11.8. The molecule has 0 radical (unpaired) electrons. The second-order valence-electron chi connectivity index (χ2n) is 5.49. The smallest absolute Gasteiger partial charge is 0.253 e. The lowest BCUT2D eigenvalue weighted by atomic mass is 9.97. The predicted octanol–water partition coefficient (Wildman–Crippen LogP) is 5.11. The molecule has 22 heavy (non-hydrogen) atoms. The van der Waals surface area contributed by atoms with E-state index in [2.05, 4.69) is 32.0 Å². The Bertz CT molecular complexity index is 690. The van der Waals surface area contributed by atoms with Gasteiger partial charge in [0.2, 0.25) is 0 Å². The number of benzene rings is 2. The van der Waals surface area contributed by atoms with Crippen LogP contribution in [0.3, 0.4) is 0 Å². The lowest BCUT2D eigenvalue weighted by Crippen LogP contribution is -2.30. The van der Waals surface area contributed by atoms with Gasteiger partial charge < -0.3 is 4.90 Å². The maximum absolute atomic E-state index is 12.5. The first-order valence-corrected chi connectivity index (χ1v) is 8.02. The Hall–Kier alpha value is -1.80. The Kier molecular flexibility index (Phi) is 5.25. The zero-order chi connectivity index (χ0) is 16.3. The van der Waals surface area contributed by atoms with E-state index in [1.54, 1.807) is 6.07 Å². The fourth-order valence-electron chi connectivity index (χ4n) is 2.67. The average molecular weight is 316 g/mol. The van der Waals surface area contributed by atoms with Gasteiger partial charge in [-0.05, 0) is 57.0 Å². The van der Waals surface area contributed by atoms with E-state index in [1.807, 2.05) is 30.9 Å². The lowest BCUT2D eigenvalue weighted by Gasteiger charge is -2.19. The third kappa shape index (κ3) is 3.33. The molecule has 0 aliphatic carbocycles. The van der Waals surface area contributed by atoms with Gasteiger partial charge in [-0.3, -0.25) is 4.79 Å². The number of aryl methyl sites for hydroxylation is 2. The van der Waals surface area contributed by atoms with Crippen LogP contribution >= 0.6 is 11.6 Å². The van der Waals surface area contributed by atoms with Gasteiger partial charge in [0, 0.05) is 29.2 Å². The van der Waals surface area contributed by atoms with Gasteiger partial charge in [0.25, 0.3) is 5.91 Å². The van der Waals surface area contributed by atoms with Gasteiger partial charge in [-0.15, -0.1) is 0 Å². The van der Waals surface area contributed by atoms with E-state index in [4.69, 9.17) is 11.6 Å². The van der Waals surface area contributed by atoms with E-state index < -0.39 is 0 Å². The second kappa shape index (κ2) is 6.97. The molecule has 116 valence electrons. The zero-order valence-corrected chi connectivity index (χ0v) is 14.4. The molecule has 0 heterocycles. The van der Waals surface area contributed by atoms with Gasteiger partial charge in [-0.2, -0.15) is 0 Å². The summed E-state index contributed by atoms with van der Waals surface area (Å²) in [5.41, 5.74) is 5.05. The van der Waals surface area contributed by atoms with Crippen LogP contribution in [0.4, 0.5) is 0 Å². The van der Waals surface area contributed by atoms with Crippen LogP contribution in [0.25, 0.3) is 11.1 Å². The monoisotopic (exact) mass is 315 g/mol. The molecule has 0 spiro atoms. The van der Waals surface area contributed by atoms with E-state index in [0.717, 1.165) is 16.7 Å². The van der Waals surface area contributed by atoms with Gasteiger partial charge in [0.05, 0.1) is 0 Å². The molecule has 2 aromatic rings.